The zero-order chi connectivity index (χ0) is 0. The molecule has 0 N–H and O–H groups in total. The van der Waals surface area contributed by atoms with Crippen LogP contribution in [0, 0.1) is 0 Å². The van der Waals surface area contributed by atoms with Crippen molar-refractivity contribution in [3.05, 3.63) is 0 Å². The monoisotopic (exact) mass is 304 g/mol. The van der Waals surface area contributed by atoms with Crippen LogP contribution in [0.15, 0.2) is 0 Å². The Morgan fingerprint density at radius 2 is 0.500 bits per heavy atom. The van der Waals surface area contributed by atoms with E-state index in [1.54, 1.807) is 0 Å². The van der Waals surface area contributed by atoms with Crippen LogP contribution >= 0.6 is 29.7 Å². The second-order valence-corrected chi connectivity index (χ2v) is 0. The van der Waals surface area contributed by atoms with Crippen molar-refractivity contribution in [2.24, 2.45) is 0 Å². The first-order chi connectivity index (χ1) is 0. The van der Waals surface area contributed by atoms with Gasteiger partial charge in [-0.2, -0.15) is 0 Å². The van der Waals surface area contributed by atoms with E-state index in [1.807, 2.05) is 0 Å². The summed E-state index contributed by atoms with van der Waals surface area (Å²) < 4.78 is 0. The number of hydrogen-bond donors (Lipinski definition) is 0. The maximum atomic E-state index is 0. The van der Waals surface area contributed by atoms with E-state index in [1.165, 1.54) is 0 Å². The molecule has 0 aliphatic carbocycles. The molecule has 6 heteroatoms. The first-order valence-corrected chi connectivity index (χ1v) is 0. The summed E-state index contributed by atoms with van der Waals surface area (Å²) in [4.78, 5) is 0. The molecule has 8 radical (unpaired) electrons. The standard InChI is InChI=1S/Cu.2Ge.3P/q+1;;;3*-3. The summed E-state index contributed by atoms with van der Waals surface area (Å²) in [6.45, 7) is 0. The van der Waals surface area contributed by atoms with E-state index in [4.69, 9.17) is 0 Å². The molecule has 0 aromatic heterocycles. The van der Waals surface area contributed by atoms with Crippen LogP contribution in [0.1, 0.15) is 0 Å². The summed E-state index contributed by atoms with van der Waals surface area (Å²) in [6, 6.07) is 0. The van der Waals surface area contributed by atoms with Gasteiger partial charge in [0.1, 0.15) is 0 Å². The molecule has 0 amide bonds. The van der Waals surface area contributed by atoms with Gasteiger partial charge in [-0.1, -0.05) is 0 Å². The van der Waals surface area contributed by atoms with Crippen LogP contribution < -0.4 is 0 Å². The fourth-order valence-electron chi connectivity index (χ4n) is 0. The van der Waals surface area contributed by atoms with Gasteiger partial charge >= 0.3 is 17.1 Å². The fraction of sp³-hybridized carbons (Fsp3) is 0. The van der Waals surface area contributed by atoms with Gasteiger partial charge in [0, 0.05) is 35.2 Å². The van der Waals surface area contributed by atoms with Gasteiger partial charge in [0.2, 0.25) is 0 Å². The van der Waals surface area contributed by atoms with Gasteiger partial charge in [-0.05, 0) is 0 Å². The molecule has 0 rings (SSSR count). The van der Waals surface area contributed by atoms with E-state index in [0.29, 0.717) is 0 Å². The van der Waals surface area contributed by atoms with Gasteiger partial charge in [0.25, 0.3) is 0 Å². The Bertz CT molecular complexity index is 8.75. The van der Waals surface area contributed by atoms with Gasteiger partial charge in [-0.15, -0.1) is 0 Å². The third kappa shape index (κ3) is 28.6. The molecule has 0 aliphatic heterocycles. The van der Waals surface area contributed by atoms with Crippen LogP contribution in [0.4, 0.5) is 0 Å². The summed E-state index contributed by atoms with van der Waals surface area (Å²) >= 11 is 0. The molecule has 0 heterocycles. The normalized spacial score (nSPS) is 0. The molecule has 0 aliphatic rings. The third-order valence-corrected chi connectivity index (χ3v) is 0. The van der Waals surface area contributed by atoms with Crippen molar-refractivity contribution in [2.75, 3.05) is 0 Å². The Morgan fingerprint density at radius 1 is 0.500 bits per heavy atom. The van der Waals surface area contributed by atoms with Crippen LogP contribution in [0.25, 0.3) is 0 Å². The first-order valence-electron chi connectivity index (χ1n) is 0. The topological polar surface area (TPSA) is 0 Å². The average molecular weight is 302 g/mol. The summed E-state index contributed by atoms with van der Waals surface area (Å²) in [5.41, 5.74) is 0. The minimum absolute atomic E-state index is 0. The predicted octanol–water partition coefficient (Wildman–Crippen LogP) is 1.82. The predicted molar refractivity (Wildman–Crippen MR) is 32.3 cm³/mol. The van der Waals surface area contributed by atoms with Crippen LogP contribution in [-0.2, 0) is 17.1 Å². The van der Waals surface area contributed by atoms with Crippen LogP contribution in [-0.4, -0.2) is 35.2 Å². The van der Waals surface area contributed by atoms with Gasteiger partial charge in [0.05, 0.1) is 0 Å². The summed E-state index contributed by atoms with van der Waals surface area (Å²) in [5.74, 6) is 0. The smallest absolute Gasteiger partial charge is 1.00 e. The molecule has 42 valence electrons. The Balaban J connectivity index is 0. The minimum atomic E-state index is 0. The first kappa shape index (κ1) is 66.1. The van der Waals surface area contributed by atoms with E-state index in [0.717, 1.165) is 0 Å². The van der Waals surface area contributed by atoms with E-state index in [9.17, 15) is 0 Å². The van der Waals surface area contributed by atoms with Crippen molar-refractivity contribution in [2.45, 2.75) is 0 Å². The molecule has 0 unspecified atom stereocenters. The Morgan fingerprint density at radius 3 is 0.500 bits per heavy atom. The van der Waals surface area contributed by atoms with Gasteiger partial charge < -0.3 is 29.7 Å². The SMILES string of the molecule is [Cu+].[Ge].[Ge].[P-3].[P-3].[P-3]. The molecule has 0 saturated heterocycles. The number of hydrogen-bond acceptors (Lipinski definition) is 0. The second kappa shape index (κ2) is 44.8. The molecule has 0 aromatic rings. The van der Waals surface area contributed by atoms with Crippen molar-refractivity contribution in [3.8, 4) is 0 Å². The molecule has 0 nitrogen and oxygen atoms in total. The number of rotatable bonds is 0. The molecule has 6 heavy (non-hydrogen) atoms. The molecule has 0 atom stereocenters. The Kier molecular flexibility index (Phi) is 494. The summed E-state index contributed by atoms with van der Waals surface area (Å²) in [7, 11) is 0. The van der Waals surface area contributed by atoms with Gasteiger partial charge in [0.15, 0.2) is 0 Å². The fourth-order valence-corrected chi connectivity index (χ4v) is 0. The van der Waals surface area contributed by atoms with Crippen LogP contribution in [0.3, 0.4) is 0 Å². The molecule has 0 bridgehead atoms. The van der Waals surface area contributed by atoms with Crippen molar-refractivity contribution in [1.82, 2.24) is 0 Å². The minimum Gasteiger partial charge on any atom is -3.00 e. The average Bonchev–Trinajstić information content (AvgIpc) is 0. The molecule has 0 fully saturated rings. The van der Waals surface area contributed by atoms with Crippen LogP contribution in [0.5, 0.6) is 0 Å². The summed E-state index contributed by atoms with van der Waals surface area (Å²) in [5, 5.41) is 0. The molecular weight excluding hydrogens is 302 g/mol. The summed E-state index contributed by atoms with van der Waals surface area (Å²) in [6.07, 6.45) is 0. The maximum Gasteiger partial charge on any atom is 1.00 e. The van der Waals surface area contributed by atoms with Gasteiger partial charge in [-0.3, -0.25) is 0 Å². The van der Waals surface area contributed by atoms with E-state index < -0.39 is 0 Å². The van der Waals surface area contributed by atoms with Crippen molar-refractivity contribution in [1.29, 1.82) is 0 Å². The van der Waals surface area contributed by atoms with E-state index in [-0.39, 0.29) is 82.0 Å². The van der Waals surface area contributed by atoms with E-state index in [2.05, 4.69) is 0 Å². The quantitative estimate of drug-likeness (QED) is 0.473. The zero-order valence-electron chi connectivity index (χ0n) is 2.64. The Labute approximate surface area is 81.4 Å². The maximum absolute atomic E-state index is 0. The van der Waals surface area contributed by atoms with Crippen molar-refractivity contribution >= 4 is 64.9 Å². The molecule has 0 aromatic carbocycles. The van der Waals surface area contributed by atoms with Crippen molar-refractivity contribution < 1.29 is 17.1 Å². The molecule has 0 saturated carbocycles. The largest absolute Gasteiger partial charge is 3.00 e. The zero-order valence-corrected chi connectivity index (χ0v) is 10.5. The van der Waals surface area contributed by atoms with Crippen molar-refractivity contribution in [3.63, 3.8) is 0 Å². The molecule has 0 spiro atoms. The molecular formula is CuGe2P3-8. The van der Waals surface area contributed by atoms with Gasteiger partial charge in [-0.25, -0.2) is 0 Å². The van der Waals surface area contributed by atoms with Crippen LogP contribution in [0.2, 0.25) is 0 Å². The Hall–Kier alpha value is 2.90. The second-order valence-electron chi connectivity index (χ2n) is 0. The third-order valence-electron chi connectivity index (χ3n) is 0. The van der Waals surface area contributed by atoms with E-state index >= 15 is 0 Å².